The standard InChI is InChI=1S/C19H33NO2S.C4H4O4/c1-6-7-8-9-10-13-23-19-15-17(21-4)16(11-12-20(2)3)14-18(19)22-5;5-3(6)1-2-4(7)8/h14-15H,6-13H2,1-5H3;1-2H,(H,5,6)(H,7,8)/p-2/b;2-1-. The molecule has 0 aliphatic rings. The number of nitrogens with zero attached hydrogens (tertiary/aromatic N) is 1. The molecule has 0 atom stereocenters. The van der Waals surface area contributed by atoms with E-state index in [1.807, 2.05) is 11.8 Å². The molecule has 1 rings (SSSR count). The molecule has 0 aliphatic carbocycles. The van der Waals surface area contributed by atoms with E-state index in [-0.39, 0.29) is 0 Å². The van der Waals surface area contributed by atoms with E-state index in [1.54, 1.807) is 14.2 Å². The van der Waals surface area contributed by atoms with Crippen molar-refractivity contribution in [3.05, 3.63) is 29.8 Å². The smallest absolute Gasteiger partial charge is 0.132 e. The monoisotopic (exact) mass is 453 g/mol. The van der Waals surface area contributed by atoms with Gasteiger partial charge in [0.25, 0.3) is 0 Å². The van der Waals surface area contributed by atoms with E-state index >= 15 is 0 Å². The SMILES string of the molecule is CCCCCCCSc1cc(OC)c(CCN(C)C)cc1OC.O=C([O-])/C=C\C(=O)[O-]. The molecule has 1 aromatic rings. The van der Waals surface area contributed by atoms with E-state index in [9.17, 15) is 19.8 Å². The molecule has 0 N–H and O–H groups in total. The van der Waals surface area contributed by atoms with Gasteiger partial charge in [0.15, 0.2) is 0 Å². The minimum absolute atomic E-state index is 0.384. The second kappa shape index (κ2) is 17.5. The van der Waals surface area contributed by atoms with E-state index in [0.29, 0.717) is 12.2 Å². The summed E-state index contributed by atoms with van der Waals surface area (Å²) >= 11 is 1.88. The number of carboxylic acids is 2. The highest BCUT2D eigenvalue weighted by Crippen LogP contribution is 2.36. The Morgan fingerprint density at radius 2 is 1.55 bits per heavy atom. The van der Waals surface area contributed by atoms with Crippen LogP contribution in [0.3, 0.4) is 0 Å². The van der Waals surface area contributed by atoms with Crippen molar-refractivity contribution in [2.75, 3.05) is 40.6 Å². The van der Waals surface area contributed by atoms with Crippen molar-refractivity contribution < 1.29 is 29.3 Å². The lowest BCUT2D eigenvalue weighted by atomic mass is 10.1. The van der Waals surface area contributed by atoms with Gasteiger partial charge in [0.05, 0.1) is 31.1 Å². The Kier molecular flexibility index (Phi) is 16.3. The second-order valence-corrected chi connectivity index (χ2v) is 8.24. The topological polar surface area (TPSA) is 102 Å². The Labute approximate surface area is 190 Å². The van der Waals surface area contributed by atoms with E-state index in [1.165, 1.54) is 42.6 Å². The Morgan fingerprint density at radius 1 is 0.968 bits per heavy atom. The van der Waals surface area contributed by atoms with E-state index < -0.39 is 11.9 Å². The number of unbranched alkanes of at least 4 members (excludes halogenated alkanes) is 4. The number of hydrogen-bond acceptors (Lipinski definition) is 8. The molecule has 0 radical (unpaired) electrons. The summed E-state index contributed by atoms with van der Waals surface area (Å²) in [5.74, 6) is -0.0112. The van der Waals surface area contributed by atoms with Crippen molar-refractivity contribution in [1.82, 2.24) is 4.90 Å². The third-order valence-corrected chi connectivity index (χ3v) is 5.38. The zero-order valence-electron chi connectivity index (χ0n) is 19.3. The first-order valence-electron chi connectivity index (χ1n) is 10.4. The van der Waals surface area contributed by atoms with Gasteiger partial charge in [-0.05, 0) is 62.5 Å². The van der Waals surface area contributed by atoms with Crippen LogP contribution in [-0.2, 0) is 16.0 Å². The van der Waals surface area contributed by atoms with Gasteiger partial charge in [-0.2, -0.15) is 0 Å². The number of benzene rings is 1. The fraction of sp³-hybridized carbons (Fsp3) is 0.565. The first-order valence-corrected chi connectivity index (χ1v) is 11.4. The van der Waals surface area contributed by atoms with Crippen LogP contribution in [0.2, 0.25) is 0 Å². The highest BCUT2D eigenvalue weighted by Gasteiger charge is 2.12. The van der Waals surface area contributed by atoms with Crippen LogP contribution < -0.4 is 19.7 Å². The molecule has 0 heterocycles. The first-order chi connectivity index (χ1) is 14.7. The summed E-state index contributed by atoms with van der Waals surface area (Å²) in [6.45, 7) is 3.26. The number of rotatable bonds is 14. The number of thioether (sulfide) groups is 1. The average molecular weight is 454 g/mol. The summed E-state index contributed by atoms with van der Waals surface area (Å²) < 4.78 is 11.2. The number of likely N-dealkylation sites (N-methyl/N-ethyl adjacent to an activating group) is 1. The minimum Gasteiger partial charge on any atom is -0.545 e. The summed E-state index contributed by atoms with van der Waals surface area (Å²) in [7, 11) is 7.68. The van der Waals surface area contributed by atoms with Gasteiger partial charge in [-0.1, -0.05) is 32.6 Å². The van der Waals surface area contributed by atoms with E-state index in [2.05, 4.69) is 38.1 Å². The van der Waals surface area contributed by atoms with Gasteiger partial charge in [0, 0.05) is 6.54 Å². The molecule has 1 aromatic carbocycles. The number of carbonyl (C=O) groups is 2. The summed E-state index contributed by atoms with van der Waals surface area (Å²) in [5, 5.41) is 18.8. The third-order valence-electron chi connectivity index (χ3n) is 4.26. The van der Waals surface area contributed by atoms with Crippen molar-refractivity contribution in [3.8, 4) is 11.5 Å². The number of aliphatic carboxylic acids is 2. The van der Waals surface area contributed by atoms with Gasteiger partial charge in [-0.25, -0.2) is 0 Å². The molecular formula is C23H35NO6S-2. The quantitative estimate of drug-likeness (QED) is 0.239. The van der Waals surface area contributed by atoms with Gasteiger partial charge < -0.3 is 34.2 Å². The molecule has 0 saturated heterocycles. The van der Waals surface area contributed by atoms with Crippen LogP contribution in [0, 0.1) is 0 Å². The van der Waals surface area contributed by atoms with Gasteiger partial charge in [-0.3, -0.25) is 0 Å². The maximum absolute atomic E-state index is 9.41. The number of carboxylic acid groups (broad SMARTS) is 2. The molecular weight excluding hydrogens is 418 g/mol. The fourth-order valence-electron chi connectivity index (χ4n) is 2.61. The number of hydrogen-bond donors (Lipinski definition) is 0. The fourth-order valence-corrected chi connectivity index (χ4v) is 3.65. The van der Waals surface area contributed by atoms with Gasteiger partial charge >= 0.3 is 0 Å². The summed E-state index contributed by atoms with van der Waals surface area (Å²) in [5.41, 5.74) is 1.21. The van der Waals surface area contributed by atoms with Gasteiger partial charge in [0.1, 0.15) is 11.5 Å². The molecule has 0 aromatic heterocycles. The van der Waals surface area contributed by atoms with Crippen LogP contribution in [-0.4, -0.2) is 57.5 Å². The molecule has 7 nitrogen and oxygen atoms in total. The molecule has 8 heteroatoms. The van der Waals surface area contributed by atoms with E-state index in [4.69, 9.17) is 9.47 Å². The van der Waals surface area contributed by atoms with E-state index in [0.717, 1.165) is 30.2 Å². The largest absolute Gasteiger partial charge is 0.545 e. The summed E-state index contributed by atoms with van der Waals surface area (Å²) in [6, 6.07) is 4.28. The Balaban J connectivity index is 0.000000954. The van der Waals surface area contributed by atoms with Crippen LogP contribution in [0.5, 0.6) is 11.5 Å². The van der Waals surface area contributed by atoms with Gasteiger partial charge in [-0.15, -0.1) is 11.8 Å². The highest BCUT2D eigenvalue weighted by molar-refractivity contribution is 7.99. The lowest BCUT2D eigenvalue weighted by molar-refractivity contribution is -0.301. The highest BCUT2D eigenvalue weighted by atomic mass is 32.2. The Hall–Kier alpha value is -2.19. The normalized spacial score (nSPS) is 10.6. The second-order valence-electron chi connectivity index (χ2n) is 7.10. The van der Waals surface area contributed by atoms with Crippen molar-refractivity contribution in [3.63, 3.8) is 0 Å². The maximum Gasteiger partial charge on any atom is 0.132 e. The Bertz CT molecular complexity index is 675. The molecule has 0 spiro atoms. The molecule has 0 saturated carbocycles. The van der Waals surface area contributed by atoms with Crippen molar-refractivity contribution >= 4 is 23.7 Å². The predicted molar refractivity (Wildman–Crippen MR) is 120 cm³/mol. The summed E-state index contributed by atoms with van der Waals surface area (Å²) in [4.78, 5) is 22.2. The Morgan fingerprint density at radius 3 is 2.03 bits per heavy atom. The van der Waals surface area contributed by atoms with Crippen molar-refractivity contribution in [1.29, 1.82) is 0 Å². The number of ether oxygens (including phenoxy) is 2. The lowest BCUT2D eigenvalue weighted by Gasteiger charge is -2.16. The zero-order chi connectivity index (χ0) is 23.6. The maximum atomic E-state index is 9.41. The van der Waals surface area contributed by atoms with Gasteiger partial charge in [0.2, 0.25) is 0 Å². The molecule has 0 unspecified atom stereocenters. The average Bonchev–Trinajstić information content (AvgIpc) is 2.73. The minimum atomic E-state index is -1.55. The van der Waals surface area contributed by atoms with Crippen LogP contribution in [0.1, 0.15) is 44.6 Å². The number of carbonyl (C=O) groups excluding carboxylic acids is 2. The van der Waals surface area contributed by atoms with Crippen LogP contribution in [0.15, 0.2) is 29.2 Å². The van der Waals surface area contributed by atoms with Crippen LogP contribution >= 0.6 is 11.8 Å². The first kappa shape index (κ1) is 28.8. The lowest BCUT2D eigenvalue weighted by Crippen LogP contribution is -2.23. The predicted octanol–water partition coefficient (Wildman–Crippen LogP) is 1.91. The molecule has 0 amide bonds. The molecule has 0 bridgehead atoms. The number of methoxy groups -OCH3 is 2. The van der Waals surface area contributed by atoms with Crippen molar-refractivity contribution in [2.45, 2.75) is 50.3 Å². The summed E-state index contributed by atoms with van der Waals surface area (Å²) in [6.07, 6.45) is 8.31. The zero-order valence-corrected chi connectivity index (χ0v) is 20.1. The molecule has 176 valence electrons. The molecule has 31 heavy (non-hydrogen) atoms. The molecule has 0 aliphatic heterocycles. The van der Waals surface area contributed by atoms with Crippen molar-refractivity contribution in [2.24, 2.45) is 0 Å². The van der Waals surface area contributed by atoms with Crippen LogP contribution in [0.25, 0.3) is 0 Å². The third kappa shape index (κ3) is 14.4. The molecule has 0 fully saturated rings. The van der Waals surface area contributed by atoms with Crippen LogP contribution in [0.4, 0.5) is 0 Å².